The van der Waals surface area contributed by atoms with Gasteiger partial charge in [0, 0.05) is 19.6 Å². The molecule has 0 radical (unpaired) electrons. The second-order valence-corrected chi connectivity index (χ2v) is 5.19. The molecule has 16 heavy (non-hydrogen) atoms. The quantitative estimate of drug-likeness (QED) is 0.743. The Balaban J connectivity index is 2.37. The van der Waals surface area contributed by atoms with E-state index in [2.05, 4.69) is 18.7 Å². The highest BCUT2D eigenvalue weighted by Gasteiger charge is 2.28. The van der Waals surface area contributed by atoms with Crippen molar-refractivity contribution in [1.29, 1.82) is 0 Å². The van der Waals surface area contributed by atoms with Crippen molar-refractivity contribution in [3.8, 4) is 0 Å². The molecule has 4 nitrogen and oxygen atoms in total. The second-order valence-electron chi connectivity index (χ2n) is 5.19. The van der Waals surface area contributed by atoms with E-state index in [-0.39, 0.29) is 12.5 Å². The van der Waals surface area contributed by atoms with Crippen LogP contribution in [0.2, 0.25) is 0 Å². The fraction of sp³-hybridized carbons (Fsp3) is 0.917. The molecule has 4 heteroatoms. The lowest BCUT2D eigenvalue weighted by Gasteiger charge is -2.36. The van der Waals surface area contributed by atoms with E-state index < -0.39 is 5.97 Å². The predicted octanol–water partition coefficient (Wildman–Crippen LogP) is 1.19. The van der Waals surface area contributed by atoms with Gasteiger partial charge in [0.25, 0.3) is 0 Å². The van der Waals surface area contributed by atoms with E-state index in [0.717, 1.165) is 25.9 Å². The molecule has 0 aromatic rings. The van der Waals surface area contributed by atoms with Gasteiger partial charge in [0.15, 0.2) is 0 Å². The van der Waals surface area contributed by atoms with Gasteiger partial charge in [-0.1, -0.05) is 13.8 Å². The van der Waals surface area contributed by atoms with Crippen molar-refractivity contribution >= 4 is 5.97 Å². The first-order chi connectivity index (χ1) is 7.49. The standard InChI is InChI=1S/C12H23NO3/c1-9(2)7-10-8-13(5-3-11(10)14)6-4-12(15)16/h9-11,14H,3-8H2,1-2H3,(H,15,16)/t10-,11+/m1/s1. The number of carboxylic acid groups (broad SMARTS) is 1. The molecule has 0 bridgehead atoms. The highest BCUT2D eigenvalue weighted by molar-refractivity contribution is 5.66. The zero-order chi connectivity index (χ0) is 12.1. The van der Waals surface area contributed by atoms with Gasteiger partial charge in [0.05, 0.1) is 12.5 Å². The largest absolute Gasteiger partial charge is 0.481 e. The van der Waals surface area contributed by atoms with Crippen molar-refractivity contribution in [2.75, 3.05) is 19.6 Å². The molecule has 94 valence electrons. The van der Waals surface area contributed by atoms with Crippen molar-refractivity contribution in [1.82, 2.24) is 4.90 Å². The van der Waals surface area contributed by atoms with E-state index in [9.17, 15) is 9.90 Å². The molecule has 0 aliphatic carbocycles. The number of nitrogens with zero attached hydrogens (tertiary/aromatic N) is 1. The molecule has 1 rings (SSSR count). The lowest BCUT2D eigenvalue weighted by molar-refractivity contribution is -0.137. The van der Waals surface area contributed by atoms with Gasteiger partial charge in [0.2, 0.25) is 0 Å². The summed E-state index contributed by atoms with van der Waals surface area (Å²) in [6.45, 7) is 6.58. The average Bonchev–Trinajstić information content (AvgIpc) is 2.18. The van der Waals surface area contributed by atoms with Crippen LogP contribution >= 0.6 is 0 Å². The van der Waals surface area contributed by atoms with Crippen molar-refractivity contribution < 1.29 is 15.0 Å². The fourth-order valence-corrected chi connectivity index (χ4v) is 2.39. The minimum Gasteiger partial charge on any atom is -0.481 e. The van der Waals surface area contributed by atoms with E-state index in [1.165, 1.54) is 0 Å². The maximum Gasteiger partial charge on any atom is 0.304 e. The molecule has 1 saturated heterocycles. The number of aliphatic hydroxyl groups excluding tert-OH is 1. The molecule has 0 unspecified atom stereocenters. The molecule has 1 fully saturated rings. The van der Waals surface area contributed by atoms with E-state index in [1.54, 1.807) is 0 Å². The lowest BCUT2D eigenvalue weighted by atomic mass is 9.87. The van der Waals surface area contributed by atoms with Crippen LogP contribution in [0.1, 0.15) is 33.1 Å². The van der Waals surface area contributed by atoms with E-state index in [1.807, 2.05) is 0 Å². The molecule has 1 heterocycles. The first-order valence-electron chi connectivity index (χ1n) is 6.11. The first-order valence-corrected chi connectivity index (χ1v) is 6.11. The smallest absolute Gasteiger partial charge is 0.304 e. The highest BCUT2D eigenvalue weighted by atomic mass is 16.4. The highest BCUT2D eigenvalue weighted by Crippen LogP contribution is 2.23. The summed E-state index contributed by atoms with van der Waals surface area (Å²) in [5, 5.41) is 18.5. The predicted molar refractivity (Wildman–Crippen MR) is 62.3 cm³/mol. The fourth-order valence-electron chi connectivity index (χ4n) is 2.39. The summed E-state index contributed by atoms with van der Waals surface area (Å²) in [5.74, 6) is 0.146. The minimum atomic E-state index is -0.744. The van der Waals surface area contributed by atoms with Crippen LogP contribution in [-0.2, 0) is 4.79 Å². The molecule has 0 amide bonds. The number of hydrogen-bond donors (Lipinski definition) is 2. The lowest BCUT2D eigenvalue weighted by Crippen LogP contribution is -2.44. The van der Waals surface area contributed by atoms with Gasteiger partial charge in [-0.15, -0.1) is 0 Å². The van der Waals surface area contributed by atoms with Crippen LogP contribution in [0.15, 0.2) is 0 Å². The monoisotopic (exact) mass is 229 g/mol. The van der Waals surface area contributed by atoms with E-state index in [4.69, 9.17) is 5.11 Å². The van der Waals surface area contributed by atoms with Gasteiger partial charge >= 0.3 is 5.97 Å². The van der Waals surface area contributed by atoms with E-state index in [0.29, 0.717) is 18.4 Å². The number of rotatable bonds is 5. The van der Waals surface area contributed by atoms with E-state index >= 15 is 0 Å². The van der Waals surface area contributed by atoms with Crippen molar-refractivity contribution in [2.24, 2.45) is 11.8 Å². The van der Waals surface area contributed by atoms with Crippen LogP contribution in [0.4, 0.5) is 0 Å². The van der Waals surface area contributed by atoms with Crippen molar-refractivity contribution in [3.05, 3.63) is 0 Å². The van der Waals surface area contributed by atoms with Crippen molar-refractivity contribution in [3.63, 3.8) is 0 Å². The minimum absolute atomic E-state index is 0.199. The third-order valence-electron chi connectivity index (χ3n) is 3.19. The normalized spacial score (nSPS) is 27.2. The van der Waals surface area contributed by atoms with Gasteiger partial charge in [-0.2, -0.15) is 0 Å². The molecular weight excluding hydrogens is 206 g/mol. The second kappa shape index (κ2) is 6.21. The Morgan fingerprint density at radius 2 is 2.19 bits per heavy atom. The summed E-state index contributed by atoms with van der Waals surface area (Å²) in [6.07, 6.45) is 1.79. The Labute approximate surface area is 97.3 Å². The summed E-state index contributed by atoms with van der Waals surface area (Å²) in [7, 11) is 0. The molecule has 1 aliphatic heterocycles. The number of carboxylic acids is 1. The zero-order valence-electron chi connectivity index (χ0n) is 10.2. The molecule has 1 aliphatic rings. The van der Waals surface area contributed by atoms with Crippen LogP contribution in [0, 0.1) is 11.8 Å². The Kier molecular flexibility index (Phi) is 5.22. The zero-order valence-corrected chi connectivity index (χ0v) is 10.2. The number of carbonyl (C=O) groups is 1. The number of hydrogen-bond acceptors (Lipinski definition) is 3. The third kappa shape index (κ3) is 4.49. The van der Waals surface area contributed by atoms with Gasteiger partial charge in [-0.25, -0.2) is 0 Å². The van der Waals surface area contributed by atoms with Crippen LogP contribution < -0.4 is 0 Å². The van der Waals surface area contributed by atoms with Gasteiger partial charge in [0.1, 0.15) is 0 Å². The van der Waals surface area contributed by atoms with Gasteiger partial charge in [-0.3, -0.25) is 4.79 Å². The Morgan fingerprint density at radius 3 is 2.75 bits per heavy atom. The summed E-state index contributed by atoms with van der Waals surface area (Å²) >= 11 is 0. The summed E-state index contributed by atoms with van der Waals surface area (Å²) < 4.78 is 0. The van der Waals surface area contributed by atoms with Gasteiger partial charge in [-0.05, 0) is 24.7 Å². The Hall–Kier alpha value is -0.610. The topological polar surface area (TPSA) is 60.8 Å². The molecule has 0 saturated carbocycles. The van der Waals surface area contributed by atoms with Crippen LogP contribution in [0.3, 0.4) is 0 Å². The van der Waals surface area contributed by atoms with Crippen LogP contribution in [-0.4, -0.2) is 46.8 Å². The molecule has 0 aromatic heterocycles. The SMILES string of the molecule is CC(C)C[C@@H]1CN(CCC(=O)O)CC[C@@H]1O. The average molecular weight is 229 g/mol. The Bertz CT molecular complexity index is 230. The number of aliphatic carboxylic acids is 1. The number of likely N-dealkylation sites (tertiary alicyclic amines) is 1. The third-order valence-corrected chi connectivity index (χ3v) is 3.19. The maximum absolute atomic E-state index is 10.5. The molecule has 0 spiro atoms. The molecule has 2 atom stereocenters. The van der Waals surface area contributed by atoms with Gasteiger partial charge < -0.3 is 15.1 Å². The number of piperidine rings is 1. The molecule has 2 N–H and O–H groups in total. The first kappa shape index (κ1) is 13.5. The summed E-state index contributed by atoms with van der Waals surface area (Å²) in [6, 6.07) is 0. The summed E-state index contributed by atoms with van der Waals surface area (Å²) in [4.78, 5) is 12.7. The van der Waals surface area contributed by atoms with Crippen molar-refractivity contribution in [2.45, 2.75) is 39.2 Å². The summed E-state index contributed by atoms with van der Waals surface area (Å²) in [5.41, 5.74) is 0. The van der Waals surface area contributed by atoms with Crippen LogP contribution in [0.25, 0.3) is 0 Å². The Morgan fingerprint density at radius 1 is 1.50 bits per heavy atom. The molecular formula is C12H23NO3. The number of aliphatic hydroxyl groups is 1. The van der Waals surface area contributed by atoms with Crippen LogP contribution in [0.5, 0.6) is 0 Å². The molecule has 0 aromatic carbocycles. The maximum atomic E-state index is 10.5.